The highest BCUT2D eigenvalue weighted by Crippen LogP contribution is 2.29. The molecular weight excluding hydrogens is 369 g/mol. The van der Waals surface area contributed by atoms with Crippen molar-refractivity contribution in [3.63, 3.8) is 0 Å². The van der Waals surface area contributed by atoms with E-state index >= 15 is 0 Å². The standard InChI is InChI=1S/C15H14FN3O4S2/c1-10-18-14-7-6-13(8-15(14)25(22,23)19-10)24(20,21)17-9-11-2-4-12(16)5-3-11/h2-8,17H,9H2,1H3,(H,18,19). The highest BCUT2D eigenvalue weighted by atomic mass is 32.2. The van der Waals surface area contributed by atoms with Crippen LogP contribution in [0.25, 0.3) is 0 Å². The lowest BCUT2D eigenvalue weighted by atomic mass is 10.2. The molecule has 1 aliphatic rings. The number of halogens is 1. The summed E-state index contributed by atoms with van der Waals surface area (Å²) in [4.78, 5) is -0.406. The first-order valence-electron chi connectivity index (χ1n) is 7.14. The topological polar surface area (TPSA) is 105 Å². The fraction of sp³-hybridized carbons (Fsp3) is 0.133. The third-order valence-corrected chi connectivity index (χ3v) is 6.30. The van der Waals surface area contributed by atoms with Crippen molar-refractivity contribution in [1.82, 2.24) is 4.72 Å². The van der Waals surface area contributed by atoms with Crippen molar-refractivity contribution in [3.8, 4) is 0 Å². The Morgan fingerprint density at radius 1 is 1.16 bits per heavy atom. The number of hydrogen-bond acceptors (Lipinski definition) is 5. The first-order chi connectivity index (χ1) is 11.7. The first-order valence-corrected chi connectivity index (χ1v) is 10.1. The van der Waals surface area contributed by atoms with Gasteiger partial charge in [-0.05, 0) is 42.8 Å². The van der Waals surface area contributed by atoms with Gasteiger partial charge in [0.2, 0.25) is 10.0 Å². The predicted molar refractivity (Wildman–Crippen MR) is 90.8 cm³/mol. The average molecular weight is 383 g/mol. The van der Waals surface area contributed by atoms with E-state index in [0.717, 1.165) is 6.07 Å². The number of sulfonamides is 2. The summed E-state index contributed by atoms with van der Waals surface area (Å²) in [5.41, 5.74) is 0.836. The molecule has 1 heterocycles. The molecule has 2 aromatic rings. The van der Waals surface area contributed by atoms with Gasteiger partial charge in [0.25, 0.3) is 10.0 Å². The Hall–Kier alpha value is -2.30. The lowest BCUT2D eigenvalue weighted by Gasteiger charge is -2.17. The normalized spacial score (nSPS) is 15.8. The van der Waals surface area contributed by atoms with Crippen LogP contribution in [0, 0.1) is 5.82 Å². The van der Waals surface area contributed by atoms with Crippen LogP contribution in [0.1, 0.15) is 12.5 Å². The Morgan fingerprint density at radius 3 is 2.52 bits per heavy atom. The van der Waals surface area contributed by atoms with E-state index < -0.39 is 25.9 Å². The summed E-state index contributed by atoms with van der Waals surface area (Å²) in [6.07, 6.45) is 0. The third kappa shape index (κ3) is 3.70. The summed E-state index contributed by atoms with van der Waals surface area (Å²) in [7, 11) is -7.90. The SMILES string of the molecule is CC1=NS(=O)(=O)c2cc(S(=O)(=O)NCc3ccc(F)cc3)ccc2N1. The molecule has 0 saturated carbocycles. The number of amidine groups is 1. The maximum Gasteiger partial charge on any atom is 0.286 e. The zero-order chi connectivity index (χ0) is 18.2. The summed E-state index contributed by atoms with van der Waals surface area (Å²) in [5.74, 6) is -0.215. The molecule has 132 valence electrons. The van der Waals surface area contributed by atoms with Crippen molar-refractivity contribution in [3.05, 3.63) is 53.8 Å². The molecule has 0 aliphatic carbocycles. The predicted octanol–water partition coefficient (Wildman–Crippen LogP) is 1.84. The minimum Gasteiger partial charge on any atom is -0.342 e. The number of anilines is 1. The Balaban J connectivity index is 1.88. The molecule has 0 bridgehead atoms. The van der Waals surface area contributed by atoms with Crippen molar-refractivity contribution in [2.45, 2.75) is 23.3 Å². The van der Waals surface area contributed by atoms with E-state index in [1.165, 1.54) is 43.3 Å². The Bertz CT molecular complexity index is 1060. The minimum atomic E-state index is -3.95. The van der Waals surface area contributed by atoms with Gasteiger partial charge < -0.3 is 5.32 Å². The molecule has 0 aromatic heterocycles. The van der Waals surface area contributed by atoms with E-state index in [1.54, 1.807) is 0 Å². The Morgan fingerprint density at radius 2 is 1.84 bits per heavy atom. The molecule has 0 radical (unpaired) electrons. The minimum absolute atomic E-state index is 0.0536. The second-order valence-electron chi connectivity index (χ2n) is 5.39. The quantitative estimate of drug-likeness (QED) is 0.838. The van der Waals surface area contributed by atoms with Crippen LogP contribution in [0.5, 0.6) is 0 Å². The third-order valence-electron chi connectivity index (χ3n) is 3.49. The molecule has 0 atom stereocenters. The van der Waals surface area contributed by atoms with Crippen LogP contribution >= 0.6 is 0 Å². The molecule has 10 heteroatoms. The lowest BCUT2D eigenvalue weighted by Crippen LogP contribution is -2.24. The molecule has 0 saturated heterocycles. The number of rotatable bonds is 4. The van der Waals surface area contributed by atoms with Crippen molar-refractivity contribution in [2.75, 3.05) is 5.32 Å². The van der Waals surface area contributed by atoms with Gasteiger partial charge >= 0.3 is 0 Å². The van der Waals surface area contributed by atoms with Crippen molar-refractivity contribution < 1.29 is 21.2 Å². The summed E-state index contributed by atoms with van der Waals surface area (Å²) >= 11 is 0. The number of nitrogens with zero attached hydrogens (tertiary/aromatic N) is 1. The maximum atomic E-state index is 12.9. The van der Waals surface area contributed by atoms with Gasteiger partial charge in [0.05, 0.1) is 10.6 Å². The van der Waals surface area contributed by atoms with Gasteiger partial charge in [-0.3, -0.25) is 0 Å². The first kappa shape index (κ1) is 17.5. The second kappa shape index (κ2) is 6.21. The maximum absolute atomic E-state index is 12.9. The van der Waals surface area contributed by atoms with E-state index in [-0.39, 0.29) is 27.9 Å². The van der Waals surface area contributed by atoms with Crippen LogP contribution in [0.15, 0.2) is 56.7 Å². The van der Waals surface area contributed by atoms with E-state index in [1.807, 2.05) is 0 Å². The summed E-state index contributed by atoms with van der Waals surface area (Å²) in [6.45, 7) is 1.44. The van der Waals surface area contributed by atoms with E-state index in [4.69, 9.17) is 0 Å². The van der Waals surface area contributed by atoms with Gasteiger partial charge in [-0.15, -0.1) is 4.40 Å². The largest absolute Gasteiger partial charge is 0.342 e. The van der Waals surface area contributed by atoms with Crippen LogP contribution < -0.4 is 10.0 Å². The average Bonchev–Trinajstić information content (AvgIpc) is 2.53. The molecule has 1 aliphatic heterocycles. The van der Waals surface area contributed by atoms with Gasteiger partial charge in [-0.1, -0.05) is 12.1 Å². The zero-order valence-corrected chi connectivity index (χ0v) is 14.7. The van der Waals surface area contributed by atoms with E-state index in [2.05, 4.69) is 14.4 Å². The van der Waals surface area contributed by atoms with Crippen LogP contribution in [-0.2, 0) is 26.6 Å². The smallest absolute Gasteiger partial charge is 0.286 e. The van der Waals surface area contributed by atoms with E-state index in [9.17, 15) is 21.2 Å². The molecule has 2 aromatic carbocycles. The van der Waals surface area contributed by atoms with Gasteiger partial charge in [0, 0.05) is 6.54 Å². The Labute approximate surface area is 144 Å². The van der Waals surface area contributed by atoms with Crippen LogP contribution in [0.4, 0.5) is 10.1 Å². The molecule has 3 rings (SSSR count). The van der Waals surface area contributed by atoms with Crippen molar-refractivity contribution >= 4 is 31.6 Å². The molecule has 25 heavy (non-hydrogen) atoms. The summed E-state index contributed by atoms with van der Waals surface area (Å²) in [6, 6.07) is 9.08. The number of nitrogens with one attached hydrogen (secondary N) is 2. The molecule has 0 amide bonds. The van der Waals surface area contributed by atoms with Crippen LogP contribution in [-0.4, -0.2) is 22.7 Å². The number of hydrogen-bond donors (Lipinski definition) is 2. The highest BCUT2D eigenvalue weighted by Gasteiger charge is 2.26. The zero-order valence-electron chi connectivity index (χ0n) is 13.0. The van der Waals surface area contributed by atoms with Gasteiger partial charge in [-0.2, -0.15) is 8.42 Å². The fourth-order valence-electron chi connectivity index (χ4n) is 2.30. The Kier molecular flexibility index (Phi) is 4.35. The number of benzene rings is 2. The molecular formula is C15H14FN3O4S2. The number of fused-ring (bicyclic) bond motifs is 1. The molecule has 0 spiro atoms. The van der Waals surface area contributed by atoms with Gasteiger partial charge in [-0.25, -0.2) is 17.5 Å². The summed E-state index contributed by atoms with van der Waals surface area (Å²) < 4.78 is 67.7. The van der Waals surface area contributed by atoms with Crippen molar-refractivity contribution in [1.29, 1.82) is 0 Å². The van der Waals surface area contributed by atoms with Crippen LogP contribution in [0.3, 0.4) is 0 Å². The molecule has 0 fully saturated rings. The lowest BCUT2D eigenvalue weighted by molar-refractivity contribution is 0.581. The highest BCUT2D eigenvalue weighted by molar-refractivity contribution is 7.91. The molecule has 0 unspecified atom stereocenters. The second-order valence-corrected chi connectivity index (χ2v) is 8.73. The summed E-state index contributed by atoms with van der Waals surface area (Å²) in [5, 5.41) is 2.78. The van der Waals surface area contributed by atoms with Crippen LogP contribution in [0.2, 0.25) is 0 Å². The fourth-order valence-corrected chi connectivity index (χ4v) is 4.59. The van der Waals surface area contributed by atoms with Crippen molar-refractivity contribution in [2.24, 2.45) is 4.40 Å². The molecule has 2 N–H and O–H groups in total. The van der Waals surface area contributed by atoms with Gasteiger partial charge in [0.15, 0.2) is 0 Å². The van der Waals surface area contributed by atoms with E-state index in [0.29, 0.717) is 5.56 Å². The molecule has 7 nitrogen and oxygen atoms in total. The van der Waals surface area contributed by atoms with Gasteiger partial charge in [0.1, 0.15) is 16.5 Å². The monoisotopic (exact) mass is 383 g/mol.